The zero-order valence-corrected chi connectivity index (χ0v) is 13.9. The summed E-state index contributed by atoms with van der Waals surface area (Å²) in [6, 6.07) is 11.5. The molecule has 2 aromatic rings. The van der Waals surface area contributed by atoms with Crippen LogP contribution in [0.1, 0.15) is 23.2 Å². The third-order valence-electron chi connectivity index (χ3n) is 3.64. The van der Waals surface area contributed by atoms with E-state index in [9.17, 15) is 14.4 Å². The maximum atomic E-state index is 12.3. The Balaban J connectivity index is 1.57. The number of halogens is 1. The first-order chi connectivity index (χ1) is 12.0. The molecule has 25 heavy (non-hydrogen) atoms. The van der Waals surface area contributed by atoms with Crippen LogP contribution in [0.15, 0.2) is 42.5 Å². The highest BCUT2D eigenvalue weighted by Gasteiger charge is 2.18. The highest BCUT2D eigenvalue weighted by molar-refractivity contribution is 6.30. The van der Waals surface area contributed by atoms with Crippen molar-refractivity contribution in [2.45, 2.75) is 12.8 Å². The first-order valence-electron chi connectivity index (χ1n) is 7.66. The second-order valence-corrected chi connectivity index (χ2v) is 5.96. The molecule has 7 heteroatoms. The lowest BCUT2D eigenvalue weighted by Gasteiger charge is -2.18. The van der Waals surface area contributed by atoms with Crippen molar-refractivity contribution in [1.29, 1.82) is 0 Å². The molecule has 0 spiro atoms. The SMILES string of the molecule is O=C(CCC(=O)c1ccc2c(c1)NC(=O)CO2)Nc1ccc(Cl)cc1. The number of Topliss-reactive ketones (excluding diaryl/α,β-unsaturated/α-hetero) is 1. The predicted octanol–water partition coefficient (Wildman–Crippen LogP) is 3.27. The first kappa shape index (κ1) is 17.0. The van der Waals surface area contributed by atoms with Crippen LogP contribution >= 0.6 is 11.6 Å². The molecule has 2 aromatic carbocycles. The lowest BCUT2D eigenvalue weighted by Crippen LogP contribution is -2.25. The van der Waals surface area contributed by atoms with Crippen molar-refractivity contribution < 1.29 is 19.1 Å². The van der Waals surface area contributed by atoms with Crippen LogP contribution in [0.5, 0.6) is 5.75 Å². The molecule has 1 heterocycles. The van der Waals surface area contributed by atoms with Gasteiger partial charge in [-0.25, -0.2) is 0 Å². The molecular formula is C18H15ClN2O4. The van der Waals surface area contributed by atoms with Gasteiger partial charge < -0.3 is 15.4 Å². The van der Waals surface area contributed by atoms with Crippen LogP contribution in [-0.2, 0) is 9.59 Å². The van der Waals surface area contributed by atoms with Gasteiger partial charge in [0.15, 0.2) is 12.4 Å². The average molecular weight is 359 g/mol. The molecule has 0 saturated heterocycles. The molecule has 1 aliphatic heterocycles. The first-order valence-corrected chi connectivity index (χ1v) is 8.04. The van der Waals surface area contributed by atoms with Gasteiger partial charge in [-0.3, -0.25) is 14.4 Å². The second kappa shape index (κ2) is 7.36. The molecular weight excluding hydrogens is 344 g/mol. The van der Waals surface area contributed by atoms with E-state index in [1.807, 2.05) is 0 Å². The van der Waals surface area contributed by atoms with Crippen LogP contribution in [-0.4, -0.2) is 24.2 Å². The molecule has 0 unspecified atom stereocenters. The summed E-state index contributed by atoms with van der Waals surface area (Å²) in [6.07, 6.45) is 0.119. The molecule has 0 saturated carbocycles. The molecule has 0 radical (unpaired) electrons. The van der Waals surface area contributed by atoms with Crippen molar-refractivity contribution in [3.8, 4) is 5.75 Å². The number of rotatable bonds is 5. The fourth-order valence-electron chi connectivity index (χ4n) is 2.38. The molecule has 0 atom stereocenters. The van der Waals surface area contributed by atoms with Gasteiger partial charge in [-0.15, -0.1) is 0 Å². The summed E-state index contributed by atoms with van der Waals surface area (Å²) >= 11 is 5.79. The van der Waals surface area contributed by atoms with E-state index in [4.69, 9.17) is 16.3 Å². The Hall–Kier alpha value is -2.86. The quantitative estimate of drug-likeness (QED) is 0.803. The normalized spacial score (nSPS) is 12.6. The van der Waals surface area contributed by atoms with Crippen LogP contribution in [0.4, 0.5) is 11.4 Å². The maximum absolute atomic E-state index is 12.3. The number of ketones is 1. The van der Waals surface area contributed by atoms with E-state index in [0.717, 1.165) is 0 Å². The largest absolute Gasteiger partial charge is 0.482 e. The van der Waals surface area contributed by atoms with Crippen LogP contribution < -0.4 is 15.4 Å². The minimum atomic E-state index is -0.264. The summed E-state index contributed by atoms with van der Waals surface area (Å²) in [7, 11) is 0. The number of amides is 2. The van der Waals surface area contributed by atoms with Crippen molar-refractivity contribution in [3.05, 3.63) is 53.1 Å². The van der Waals surface area contributed by atoms with Gasteiger partial charge in [-0.1, -0.05) is 11.6 Å². The summed E-state index contributed by atoms with van der Waals surface area (Å²) in [6.45, 7) is -0.0365. The lowest BCUT2D eigenvalue weighted by molar-refractivity contribution is -0.118. The summed E-state index contributed by atoms with van der Waals surface area (Å²) < 4.78 is 5.25. The summed E-state index contributed by atoms with van der Waals surface area (Å²) in [5, 5.41) is 5.94. The van der Waals surface area contributed by atoms with Crippen LogP contribution in [0.25, 0.3) is 0 Å². The molecule has 2 N–H and O–H groups in total. The van der Waals surface area contributed by atoms with Crippen LogP contribution in [0.3, 0.4) is 0 Å². The monoisotopic (exact) mass is 358 g/mol. The van der Waals surface area contributed by atoms with Gasteiger partial charge in [0.25, 0.3) is 5.91 Å². The number of anilines is 2. The van der Waals surface area contributed by atoms with Gasteiger partial charge in [0.1, 0.15) is 5.75 Å². The maximum Gasteiger partial charge on any atom is 0.262 e. The fourth-order valence-corrected chi connectivity index (χ4v) is 2.51. The lowest BCUT2D eigenvalue weighted by atomic mass is 10.0. The average Bonchev–Trinajstić information content (AvgIpc) is 2.61. The Bertz CT molecular complexity index is 833. The third kappa shape index (κ3) is 4.36. The van der Waals surface area contributed by atoms with Crippen molar-refractivity contribution in [2.24, 2.45) is 0 Å². The van der Waals surface area contributed by atoms with E-state index in [0.29, 0.717) is 27.7 Å². The highest BCUT2D eigenvalue weighted by atomic mass is 35.5. The summed E-state index contributed by atoms with van der Waals surface area (Å²) in [4.78, 5) is 35.5. The zero-order chi connectivity index (χ0) is 17.8. The summed E-state index contributed by atoms with van der Waals surface area (Å²) in [5.41, 5.74) is 1.51. The van der Waals surface area contributed by atoms with Gasteiger partial charge in [0, 0.05) is 29.1 Å². The number of ether oxygens (including phenoxy) is 1. The Kier molecular flexibility index (Phi) is 5.00. The Labute approximate surface area is 149 Å². The molecule has 2 amide bonds. The molecule has 3 rings (SSSR count). The van der Waals surface area contributed by atoms with Crippen LogP contribution in [0.2, 0.25) is 5.02 Å². The van der Waals surface area contributed by atoms with E-state index in [2.05, 4.69) is 10.6 Å². The molecule has 0 bridgehead atoms. The van der Waals surface area contributed by atoms with E-state index in [1.54, 1.807) is 42.5 Å². The molecule has 0 aliphatic carbocycles. The number of nitrogens with one attached hydrogen (secondary N) is 2. The minimum Gasteiger partial charge on any atom is -0.482 e. The van der Waals surface area contributed by atoms with Gasteiger partial charge in [-0.2, -0.15) is 0 Å². The number of carbonyl (C=O) groups is 3. The third-order valence-corrected chi connectivity index (χ3v) is 3.89. The van der Waals surface area contributed by atoms with Crippen molar-refractivity contribution in [1.82, 2.24) is 0 Å². The Morgan fingerprint density at radius 3 is 2.64 bits per heavy atom. The smallest absolute Gasteiger partial charge is 0.262 e. The molecule has 1 aliphatic rings. The topological polar surface area (TPSA) is 84.5 Å². The molecule has 6 nitrogen and oxygen atoms in total. The summed E-state index contributed by atoms with van der Waals surface area (Å²) in [5.74, 6) is -0.185. The zero-order valence-electron chi connectivity index (χ0n) is 13.2. The van der Waals surface area contributed by atoms with Gasteiger partial charge in [-0.05, 0) is 42.5 Å². The second-order valence-electron chi connectivity index (χ2n) is 5.53. The number of benzene rings is 2. The van der Waals surface area contributed by atoms with Crippen LogP contribution in [0, 0.1) is 0 Å². The Morgan fingerprint density at radius 2 is 1.88 bits per heavy atom. The van der Waals surface area contributed by atoms with E-state index >= 15 is 0 Å². The van der Waals surface area contributed by atoms with Gasteiger partial charge in [0.2, 0.25) is 5.91 Å². The molecule has 0 aromatic heterocycles. The minimum absolute atomic E-state index is 0.0365. The fraction of sp³-hybridized carbons (Fsp3) is 0.167. The van der Waals surface area contributed by atoms with Crippen molar-refractivity contribution in [2.75, 3.05) is 17.2 Å². The standard InChI is InChI=1S/C18H15ClN2O4/c19-12-2-4-13(5-3-12)20-17(23)8-6-15(22)11-1-7-16-14(9-11)21-18(24)10-25-16/h1-5,7,9H,6,8,10H2,(H,20,23)(H,21,24). The van der Waals surface area contributed by atoms with E-state index < -0.39 is 0 Å². The number of carbonyl (C=O) groups excluding carboxylic acids is 3. The van der Waals surface area contributed by atoms with Gasteiger partial charge in [0.05, 0.1) is 5.69 Å². The number of hydrogen-bond donors (Lipinski definition) is 2. The molecule has 0 fully saturated rings. The van der Waals surface area contributed by atoms with Gasteiger partial charge >= 0.3 is 0 Å². The highest BCUT2D eigenvalue weighted by Crippen LogP contribution is 2.29. The Morgan fingerprint density at radius 1 is 1.12 bits per heavy atom. The van der Waals surface area contributed by atoms with Crippen molar-refractivity contribution in [3.63, 3.8) is 0 Å². The van der Waals surface area contributed by atoms with Crippen molar-refractivity contribution >= 4 is 40.6 Å². The predicted molar refractivity (Wildman–Crippen MR) is 94.2 cm³/mol. The number of hydrogen-bond acceptors (Lipinski definition) is 4. The van der Waals surface area contributed by atoms with E-state index in [-0.39, 0.29) is 37.0 Å². The van der Waals surface area contributed by atoms with E-state index in [1.165, 1.54) is 0 Å². The number of fused-ring (bicyclic) bond motifs is 1. The molecule has 128 valence electrons.